The lowest BCUT2D eigenvalue weighted by Crippen LogP contribution is -2.32. The van der Waals surface area contributed by atoms with Gasteiger partial charge in [-0.2, -0.15) is 4.31 Å². The number of pyridine rings is 1. The van der Waals surface area contributed by atoms with Gasteiger partial charge in [-0.1, -0.05) is 29.8 Å². The zero-order valence-corrected chi connectivity index (χ0v) is 18.9. The van der Waals surface area contributed by atoms with Gasteiger partial charge in [0.25, 0.3) is 5.56 Å². The van der Waals surface area contributed by atoms with E-state index in [1.54, 1.807) is 37.4 Å². The maximum Gasteiger partial charge on any atom is 0.252 e. The molecule has 0 atom stereocenters. The molecule has 4 rings (SSSR count). The van der Waals surface area contributed by atoms with Crippen LogP contribution >= 0.6 is 22.9 Å². The van der Waals surface area contributed by atoms with Crippen molar-refractivity contribution in [2.75, 3.05) is 7.11 Å². The summed E-state index contributed by atoms with van der Waals surface area (Å²) in [7, 11) is -2.40. The van der Waals surface area contributed by atoms with E-state index in [1.165, 1.54) is 27.8 Å². The molecular formula is C22H19ClN2O4S2. The van der Waals surface area contributed by atoms with Crippen molar-refractivity contribution in [2.24, 2.45) is 0 Å². The lowest BCUT2D eigenvalue weighted by atomic mass is 10.1. The van der Waals surface area contributed by atoms with Crippen LogP contribution in [0.15, 0.2) is 75.7 Å². The summed E-state index contributed by atoms with van der Waals surface area (Å²) in [5.41, 5.74) is 0.600. The minimum Gasteiger partial charge on any atom is -0.497 e. The number of nitrogens with zero attached hydrogens (tertiary/aromatic N) is 1. The number of aromatic nitrogens is 1. The summed E-state index contributed by atoms with van der Waals surface area (Å²) < 4.78 is 33.4. The van der Waals surface area contributed by atoms with E-state index in [0.717, 1.165) is 10.3 Å². The number of halogens is 1. The van der Waals surface area contributed by atoms with E-state index in [0.29, 0.717) is 16.8 Å². The first-order valence-corrected chi connectivity index (χ1v) is 12.1. The van der Waals surface area contributed by atoms with Gasteiger partial charge in [0, 0.05) is 29.6 Å². The molecule has 2 heterocycles. The quantitative estimate of drug-likeness (QED) is 0.423. The van der Waals surface area contributed by atoms with Gasteiger partial charge >= 0.3 is 0 Å². The molecule has 0 unspecified atom stereocenters. The van der Waals surface area contributed by atoms with Crippen LogP contribution in [0, 0.1) is 0 Å². The average Bonchev–Trinajstić information content (AvgIpc) is 3.26. The number of aromatic amines is 1. The summed E-state index contributed by atoms with van der Waals surface area (Å²) in [5, 5.41) is 2.80. The summed E-state index contributed by atoms with van der Waals surface area (Å²) in [6.45, 7) is 0.0358. The molecule has 2 aromatic carbocycles. The molecular weight excluding hydrogens is 456 g/mol. The van der Waals surface area contributed by atoms with E-state index >= 15 is 0 Å². The molecule has 0 spiro atoms. The van der Waals surface area contributed by atoms with Crippen LogP contribution in [-0.4, -0.2) is 24.8 Å². The van der Waals surface area contributed by atoms with Crippen LogP contribution in [0.25, 0.3) is 10.9 Å². The standard InChI is InChI=1S/C22H19ClN2O4S2/c1-29-17-9-8-15-11-16(22(26)24-20(15)12-17)13-25(14-18-5-4-10-30-18)31(27,28)21-7-3-2-6-19(21)23/h2-12H,13-14H2,1H3,(H,24,26). The number of rotatable bonds is 7. The van der Waals surface area contributed by atoms with Crippen molar-refractivity contribution in [1.29, 1.82) is 0 Å². The van der Waals surface area contributed by atoms with Gasteiger partial charge in [0.05, 0.1) is 17.6 Å². The first kappa shape index (κ1) is 21.6. The molecule has 4 aromatic rings. The summed E-state index contributed by atoms with van der Waals surface area (Å²) >= 11 is 7.64. The zero-order valence-electron chi connectivity index (χ0n) is 16.5. The second-order valence-corrected chi connectivity index (χ2v) is 10.2. The first-order chi connectivity index (χ1) is 14.9. The SMILES string of the molecule is COc1ccc2cc(CN(Cc3cccs3)S(=O)(=O)c3ccccc3Cl)c(=O)[nH]c2c1. The van der Waals surface area contributed by atoms with Crippen molar-refractivity contribution in [1.82, 2.24) is 9.29 Å². The van der Waals surface area contributed by atoms with Crippen LogP contribution in [0.2, 0.25) is 5.02 Å². The van der Waals surface area contributed by atoms with E-state index < -0.39 is 10.0 Å². The van der Waals surface area contributed by atoms with Crippen LogP contribution in [-0.2, 0) is 23.1 Å². The van der Waals surface area contributed by atoms with Gasteiger partial charge in [-0.15, -0.1) is 11.3 Å². The Bertz CT molecular complexity index is 1380. The third-order valence-electron chi connectivity index (χ3n) is 4.84. The Morgan fingerprint density at radius 1 is 1.06 bits per heavy atom. The molecule has 1 N–H and O–H groups in total. The van der Waals surface area contributed by atoms with Crippen molar-refractivity contribution >= 4 is 43.9 Å². The van der Waals surface area contributed by atoms with E-state index in [9.17, 15) is 13.2 Å². The predicted octanol–water partition coefficient (Wildman–Crippen LogP) is 4.64. The van der Waals surface area contributed by atoms with Crippen LogP contribution in [0.5, 0.6) is 5.75 Å². The van der Waals surface area contributed by atoms with Crippen molar-refractivity contribution in [3.05, 3.63) is 91.9 Å². The smallest absolute Gasteiger partial charge is 0.252 e. The number of hydrogen-bond acceptors (Lipinski definition) is 5. The number of hydrogen-bond donors (Lipinski definition) is 1. The number of benzene rings is 2. The summed E-state index contributed by atoms with van der Waals surface area (Å²) in [6.07, 6.45) is 0. The van der Waals surface area contributed by atoms with Crippen molar-refractivity contribution < 1.29 is 13.2 Å². The van der Waals surface area contributed by atoms with Crippen LogP contribution in [0.3, 0.4) is 0 Å². The Kier molecular flexibility index (Phi) is 6.15. The molecule has 0 aliphatic carbocycles. The van der Waals surface area contributed by atoms with Gasteiger partial charge < -0.3 is 9.72 Å². The van der Waals surface area contributed by atoms with Gasteiger partial charge in [0.1, 0.15) is 10.6 Å². The fourth-order valence-electron chi connectivity index (χ4n) is 3.26. The Labute approximate surface area is 188 Å². The number of H-pyrrole nitrogens is 1. The van der Waals surface area contributed by atoms with Gasteiger partial charge in [0.2, 0.25) is 10.0 Å². The Hall–Kier alpha value is -2.65. The molecule has 160 valence electrons. The molecule has 2 aromatic heterocycles. The Balaban J connectivity index is 1.77. The number of methoxy groups -OCH3 is 1. The van der Waals surface area contributed by atoms with E-state index in [4.69, 9.17) is 16.3 Å². The number of thiophene rings is 1. The minimum atomic E-state index is -3.95. The third kappa shape index (κ3) is 4.52. The number of ether oxygens (including phenoxy) is 1. The highest BCUT2D eigenvalue weighted by Crippen LogP contribution is 2.28. The highest BCUT2D eigenvalue weighted by Gasteiger charge is 2.28. The molecule has 0 aliphatic heterocycles. The molecule has 9 heteroatoms. The maximum atomic E-state index is 13.5. The zero-order chi connectivity index (χ0) is 22.0. The van der Waals surface area contributed by atoms with Crippen LogP contribution in [0.1, 0.15) is 10.4 Å². The summed E-state index contributed by atoms with van der Waals surface area (Å²) in [5.74, 6) is 0.622. The lowest BCUT2D eigenvalue weighted by Gasteiger charge is -2.22. The second-order valence-electron chi connectivity index (χ2n) is 6.86. The molecule has 0 aliphatic rings. The van der Waals surface area contributed by atoms with Gasteiger partial charge in [0.15, 0.2) is 0 Å². The normalized spacial score (nSPS) is 11.8. The average molecular weight is 475 g/mol. The van der Waals surface area contributed by atoms with Gasteiger partial charge in [-0.25, -0.2) is 8.42 Å². The molecule has 0 radical (unpaired) electrons. The van der Waals surface area contributed by atoms with Crippen molar-refractivity contribution in [3.63, 3.8) is 0 Å². The molecule has 31 heavy (non-hydrogen) atoms. The minimum absolute atomic E-state index is 0.00942. The van der Waals surface area contributed by atoms with E-state index in [-0.39, 0.29) is 28.6 Å². The molecule has 6 nitrogen and oxygen atoms in total. The van der Waals surface area contributed by atoms with Crippen LogP contribution in [0.4, 0.5) is 0 Å². The fraction of sp³-hybridized carbons (Fsp3) is 0.136. The topological polar surface area (TPSA) is 79.5 Å². The predicted molar refractivity (Wildman–Crippen MR) is 123 cm³/mol. The number of fused-ring (bicyclic) bond motifs is 1. The molecule has 0 amide bonds. The highest BCUT2D eigenvalue weighted by molar-refractivity contribution is 7.89. The monoisotopic (exact) mass is 474 g/mol. The van der Waals surface area contributed by atoms with Crippen molar-refractivity contribution in [3.8, 4) is 5.75 Å². The second kappa shape index (κ2) is 8.84. The fourth-order valence-corrected chi connectivity index (χ4v) is 5.95. The van der Waals surface area contributed by atoms with E-state index in [2.05, 4.69) is 4.98 Å². The summed E-state index contributed by atoms with van der Waals surface area (Å²) in [4.78, 5) is 16.4. The Morgan fingerprint density at radius 3 is 2.58 bits per heavy atom. The highest BCUT2D eigenvalue weighted by atomic mass is 35.5. The largest absolute Gasteiger partial charge is 0.497 e. The molecule has 0 fully saturated rings. The van der Waals surface area contributed by atoms with E-state index in [1.807, 2.05) is 23.6 Å². The van der Waals surface area contributed by atoms with Crippen molar-refractivity contribution in [2.45, 2.75) is 18.0 Å². The van der Waals surface area contributed by atoms with Crippen LogP contribution < -0.4 is 10.3 Å². The molecule has 0 bridgehead atoms. The first-order valence-electron chi connectivity index (χ1n) is 9.35. The molecule has 0 saturated carbocycles. The van der Waals surface area contributed by atoms with Gasteiger partial charge in [-0.3, -0.25) is 4.79 Å². The number of nitrogens with one attached hydrogen (secondary N) is 1. The molecule has 0 saturated heterocycles. The Morgan fingerprint density at radius 2 is 1.87 bits per heavy atom. The third-order valence-corrected chi connectivity index (χ3v) is 8.00. The number of sulfonamides is 1. The van der Waals surface area contributed by atoms with Gasteiger partial charge in [-0.05, 0) is 47.2 Å². The maximum absolute atomic E-state index is 13.5. The summed E-state index contributed by atoms with van der Waals surface area (Å²) in [6, 6.07) is 17.1. The lowest BCUT2D eigenvalue weighted by molar-refractivity contribution is 0.402.